The molecule has 22 heavy (non-hydrogen) atoms. The van der Waals surface area contributed by atoms with E-state index in [-0.39, 0.29) is 17.3 Å². The van der Waals surface area contributed by atoms with Crippen LogP contribution in [0.5, 0.6) is 5.75 Å². The lowest BCUT2D eigenvalue weighted by atomic mass is 10.1. The SMILES string of the molecule is COCc1ccc(OC)c(S(=O)(=O)N[C@@H](C(=O)O)C(C)C)c1. The summed E-state index contributed by atoms with van der Waals surface area (Å²) in [5.74, 6) is -1.49. The number of hydrogen-bond donors (Lipinski definition) is 2. The van der Waals surface area contributed by atoms with Crippen LogP contribution < -0.4 is 9.46 Å². The number of carbonyl (C=O) groups is 1. The Morgan fingerprint density at radius 1 is 1.32 bits per heavy atom. The van der Waals surface area contributed by atoms with Gasteiger partial charge in [0.25, 0.3) is 0 Å². The molecule has 0 saturated carbocycles. The Labute approximate surface area is 130 Å². The van der Waals surface area contributed by atoms with Gasteiger partial charge in [-0.05, 0) is 23.6 Å². The van der Waals surface area contributed by atoms with Gasteiger partial charge in [-0.25, -0.2) is 8.42 Å². The molecule has 0 spiro atoms. The zero-order chi connectivity index (χ0) is 16.9. The lowest BCUT2D eigenvalue weighted by Gasteiger charge is -2.19. The summed E-state index contributed by atoms with van der Waals surface area (Å²) in [7, 11) is -1.20. The van der Waals surface area contributed by atoms with E-state index in [1.54, 1.807) is 19.9 Å². The van der Waals surface area contributed by atoms with E-state index in [0.29, 0.717) is 5.56 Å². The maximum Gasteiger partial charge on any atom is 0.322 e. The molecular formula is C14H21NO6S. The van der Waals surface area contributed by atoms with Crippen LogP contribution in [0.3, 0.4) is 0 Å². The minimum absolute atomic E-state index is 0.114. The van der Waals surface area contributed by atoms with Crippen molar-refractivity contribution in [2.45, 2.75) is 31.4 Å². The van der Waals surface area contributed by atoms with E-state index < -0.39 is 28.0 Å². The van der Waals surface area contributed by atoms with Gasteiger partial charge in [-0.2, -0.15) is 4.72 Å². The fraction of sp³-hybridized carbons (Fsp3) is 0.500. The summed E-state index contributed by atoms with van der Waals surface area (Å²) in [5, 5.41) is 9.14. The number of carboxylic acid groups (broad SMARTS) is 1. The lowest BCUT2D eigenvalue weighted by Crippen LogP contribution is -2.44. The first-order valence-corrected chi connectivity index (χ1v) is 8.12. The molecule has 0 radical (unpaired) electrons. The van der Waals surface area contributed by atoms with Gasteiger partial charge < -0.3 is 14.6 Å². The van der Waals surface area contributed by atoms with Crippen LogP contribution in [0, 0.1) is 5.92 Å². The number of rotatable bonds is 8. The lowest BCUT2D eigenvalue weighted by molar-refractivity contribution is -0.140. The average Bonchev–Trinajstić information content (AvgIpc) is 2.44. The number of methoxy groups -OCH3 is 2. The molecule has 0 aromatic heterocycles. The normalized spacial score (nSPS) is 13.1. The van der Waals surface area contributed by atoms with Gasteiger partial charge in [0.1, 0.15) is 16.7 Å². The van der Waals surface area contributed by atoms with E-state index in [9.17, 15) is 13.2 Å². The van der Waals surface area contributed by atoms with Crippen LogP contribution >= 0.6 is 0 Å². The molecule has 124 valence electrons. The Kier molecular flexibility index (Phi) is 6.34. The van der Waals surface area contributed by atoms with Crippen LogP contribution in [0.2, 0.25) is 0 Å². The first-order valence-electron chi connectivity index (χ1n) is 6.64. The zero-order valence-corrected chi connectivity index (χ0v) is 13.8. The van der Waals surface area contributed by atoms with Crippen LogP contribution in [-0.2, 0) is 26.2 Å². The van der Waals surface area contributed by atoms with Crippen molar-refractivity contribution < 1.29 is 27.8 Å². The molecule has 2 N–H and O–H groups in total. The van der Waals surface area contributed by atoms with E-state index in [2.05, 4.69) is 4.72 Å². The largest absolute Gasteiger partial charge is 0.495 e. The van der Waals surface area contributed by atoms with Gasteiger partial charge in [0.15, 0.2) is 0 Å². The standard InChI is InChI=1S/C14H21NO6S/c1-9(2)13(14(16)17)15-22(18,19)12-7-10(8-20-3)5-6-11(12)21-4/h5-7,9,13,15H,8H2,1-4H3,(H,16,17)/t13-/m1/s1. The number of ether oxygens (including phenoxy) is 2. The van der Waals surface area contributed by atoms with Crippen molar-refractivity contribution in [3.8, 4) is 5.75 Å². The van der Waals surface area contributed by atoms with Gasteiger partial charge in [0.05, 0.1) is 13.7 Å². The van der Waals surface area contributed by atoms with Gasteiger partial charge in [0.2, 0.25) is 10.0 Å². The van der Waals surface area contributed by atoms with Crippen LogP contribution in [0.15, 0.2) is 23.1 Å². The molecule has 1 atom stereocenters. The highest BCUT2D eigenvalue weighted by molar-refractivity contribution is 7.89. The van der Waals surface area contributed by atoms with Crippen LogP contribution in [0.4, 0.5) is 0 Å². The van der Waals surface area contributed by atoms with Crippen molar-refractivity contribution >= 4 is 16.0 Å². The number of carboxylic acids is 1. The summed E-state index contributed by atoms with van der Waals surface area (Å²) >= 11 is 0. The number of nitrogens with one attached hydrogen (secondary N) is 1. The fourth-order valence-electron chi connectivity index (χ4n) is 1.89. The van der Waals surface area contributed by atoms with Crippen LogP contribution in [0.1, 0.15) is 19.4 Å². The van der Waals surface area contributed by atoms with E-state index in [1.165, 1.54) is 26.4 Å². The van der Waals surface area contributed by atoms with Gasteiger partial charge in [-0.1, -0.05) is 19.9 Å². The smallest absolute Gasteiger partial charge is 0.322 e. The first kappa shape index (κ1) is 18.4. The number of aliphatic carboxylic acids is 1. The Morgan fingerprint density at radius 2 is 1.95 bits per heavy atom. The molecule has 0 aliphatic carbocycles. The number of hydrogen-bond acceptors (Lipinski definition) is 5. The topological polar surface area (TPSA) is 102 Å². The Balaban J connectivity index is 3.25. The highest BCUT2D eigenvalue weighted by Crippen LogP contribution is 2.25. The molecule has 1 aromatic rings. The number of sulfonamides is 1. The van der Waals surface area contributed by atoms with Crippen molar-refractivity contribution in [2.24, 2.45) is 5.92 Å². The molecule has 0 saturated heterocycles. The van der Waals surface area contributed by atoms with Crippen molar-refractivity contribution in [2.75, 3.05) is 14.2 Å². The second-order valence-corrected chi connectivity index (χ2v) is 6.78. The van der Waals surface area contributed by atoms with E-state index in [0.717, 1.165) is 0 Å². The highest BCUT2D eigenvalue weighted by Gasteiger charge is 2.30. The molecule has 1 aromatic carbocycles. The molecule has 0 fully saturated rings. The minimum atomic E-state index is -4.04. The summed E-state index contributed by atoms with van der Waals surface area (Å²) in [5.41, 5.74) is 0.639. The fourth-order valence-corrected chi connectivity index (χ4v) is 3.45. The van der Waals surface area contributed by atoms with Crippen molar-refractivity contribution in [3.05, 3.63) is 23.8 Å². The molecule has 8 heteroatoms. The third-order valence-electron chi connectivity index (χ3n) is 3.04. The van der Waals surface area contributed by atoms with Gasteiger partial charge >= 0.3 is 5.97 Å². The summed E-state index contributed by atoms with van der Waals surface area (Å²) in [6, 6.07) is 3.37. The third kappa shape index (κ3) is 4.43. The molecule has 0 bridgehead atoms. The van der Waals surface area contributed by atoms with Crippen molar-refractivity contribution in [1.29, 1.82) is 0 Å². The second-order valence-electron chi connectivity index (χ2n) is 5.10. The summed E-state index contributed by atoms with van der Waals surface area (Å²) in [6.07, 6.45) is 0. The van der Waals surface area contributed by atoms with Crippen molar-refractivity contribution in [3.63, 3.8) is 0 Å². The molecule has 7 nitrogen and oxygen atoms in total. The van der Waals surface area contributed by atoms with E-state index >= 15 is 0 Å². The predicted octanol–water partition coefficient (Wildman–Crippen LogP) is 1.23. The van der Waals surface area contributed by atoms with E-state index in [4.69, 9.17) is 14.6 Å². The summed E-state index contributed by atoms with van der Waals surface area (Å²) in [6.45, 7) is 3.48. The van der Waals surface area contributed by atoms with Gasteiger partial charge in [-0.15, -0.1) is 0 Å². The third-order valence-corrected chi connectivity index (χ3v) is 4.51. The quantitative estimate of drug-likeness (QED) is 0.743. The predicted molar refractivity (Wildman–Crippen MR) is 80.3 cm³/mol. The molecule has 0 aliphatic rings. The van der Waals surface area contributed by atoms with Crippen LogP contribution in [-0.4, -0.2) is 39.8 Å². The van der Waals surface area contributed by atoms with Crippen molar-refractivity contribution in [1.82, 2.24) is 4.72 Å². The zero-order valence-electron chi connectivity index (χ0n) is 13.0. The van der Waals surface area contributed by atoms with E-state index in [1.807, 2.05) is 0 Å². The highest BCUT2D eigenvalue weighted by atomic mass is 32.2. The Morgan fingerprint density at radius 3 is 2.41 bits per heavy atom. The van der Waals surface area contributed by atoms with Crippen LogP contribution in [0.25, 0.3) is 0 Å². The molecule has 0 amide bonds. The Bertz CT molecular complexity index is 626. The molecule has 1 rings (SSSR count). The maximum absolute atomic E-state index is 12.5. The average molecular weight is 331 g/mol. The van der Waals surface area contributed by atoms with Gasteiger partial charge in [-0.3, -0.25) is 4.79 Å². The summed E-state index contributed by atoms with van der Waals surface area (Å²) < 4.78 is 37.2. The summed E-state index contributed by atoms with van der Waals surface area (Å²) in [4.78, 5) is 11.1. The maximum atomic E-state index is 12.5. The number of benzene rings is 1. The monoisotopic (exact) mass is 331 g/mol. The minimum Gasteiger partial charge on any atom is -0.495 e. The first-order chi connectivity index (χ1) is 10.2. The molecule has 0 unspecified atom stereocenters. The Hall–Kier alpha value is -1.64. The second kappa shape index (κ2) is 7.57. The molecular weight excluding hydrogens is 310 g/mol. The van der Waals surface area contributed by atoms with Gasteiger partial charge in [0, 0.05) is 7.11 Å². The molecule has 0 aliphatic heterocycles. The molecule has 0 heterocycles.